The molecule has 6 nitrogen and oxygen atoms in total. The Balaban J connectivity index is 2.09. The van der Waals surface area contributed by atoms with Gasteiger partial charge in [-0.1, -0.05) is 29.8 Å². The number of rotatable bonds is 8. The van der Waals surface area contributed by atoms with Crippen molar-refractivity contribution in [3.63, 3.8) is 0 Å². The SMILES string of the molecule is CCOc1ccc(CNC(=O)[C@@H](C)N(c2ccc(C)cc2)S(C)(=O)=O)cc1. The first-order chi connectivity index (χ1) is 12.7. The van der Waals surface area contributed by atoms with Crippen molar-refractivity contribution in [1.82, 2.24) is 5.32 Å². The van der Waals surface area contributed by atoms with Crippen LogP contribution in [0.15, 0.2) is 48.5 Å². The zero-order valence-electron chi connectivity index (χ0n) is 16.1. The number of nitrogens with zero attached hydrogens (tertiary/aromatic N) is 1. The van der Waals surface area contributed by atoms with Gasteiger partial charge in [0.1, 0.15) is 11.8 Å². The summed E-state index contributed by atoms with van der Waals surface area (Å²) >= 11 is 0. The summed E-state index contributed by atoms with van der Waals surface area (Å²) in [6.45, 7) is 6.31. The molecular formula is C20H26N2O4S. The molecule has 0 heterocycles. The van der Waals surface area contributed by atoms with Gasteiger partial charge in [-0.15, -0.1) is 0 Å². The molecule has 0 spiro atoms. The highest BCUT2D eigenvalue weighted by Gasteiger charge is 2.28. The highest BCUT2D eigenvalue weighted by Crippen LogP contribution is 2.21. The summed E-state index contributed by atoms with van der Waals surface area (Å²) in [5.74, 6) is 0.401. The van der Waals surface area contributed by atoms with Crippen LogP contribution in [0.3, 0.4) is 0 Å². The average molecular weight is 391 g/mol. The van der Waals surface area contributed by atoms with Crippen LogP contribution in [0.4, 0.5) is 5.69 Å². The normalized spacial score (nSPS) is 12.3. The molecule has 0 saturated carbocycles. The van der Waals surface area contributed by atoms with Crippen molar-refractivity contribution < 1.29 is 17.9 Å². The molecule has 2 aromatic carbocycles. The molecule has 0 aromatic heterocycles. The lowest BCUT2D eigenvalue weighted by Gasteiger charge is -2.28. The predicted molar refractivity (Wildman–Crippen MR) is 107 cm³/mol. The Morgan fingerprint density at radius 3 is 2.22 bits per heavy atom. The van der Waals surface area contributed by atoms with E-state index in [0.717, 1.165) is 27.4 Å². The van der Waals surface area contributed by atoms with Gasteiger partial charge in [-0.2, -0.15) is 0 Å². The summed E-state index contributed by atoms with van der Waals surface area (Å²) < 4.78 is 31.1. The topological polar surface area (TPSA) is 75.7 Å². The molecule has 7 heteroatoms. The largest absolute Gasteiger partial charge is 0.494 e. The highest BCUT2D eigenvalue weighted by atomic mass is 32.2. The first-order valence-electron chi connectivity index (χ1n) is 8.78. The van der Waals surface area contributed by atoms with Gasteiger partial charge in [-0.05, 0) is 50.6 Å². The summed E-state index contributed by atoms with van der Waals surface area (Å²) in [6, 6.07) is 13.6. The van der Waals surface area contributed by atoms with E-state index in [0.29, 0.717) is 18.8 Å². The van der Waals surface area contributed by atoms with E-state index in [9.17, 15) is 13.2 Å². The molecule has 0 fully saturated rings. The monoisotopic (exact) mass is 390 g/mol. The van der Waals surface area contributed by atoms with Crippen LogP contribution in [0.2, 0.25) is 0 Å². The first-order valence-corrected chi connectivity index (χ1v) is 10.6. The minimum atomic E-state index is -3.61. The maximum absolute atomic E-state index is 12.6. The van der Waals surface area contributed by atoms with Crippen LogP contribution < -0.4 is 14.4 Å². The van der Waals surface area contributed by atoms with Gasteiger partial charge >= 0.3 is 0 Å². The first kappa shape index (κ1) is 20.8. The minimum absolute atomic E-state index is 0.307. The second-order valence-electron chi connectivity index (χ2n) is 6.37. The third kappa shape index (κ3) is 5.72. The van der Waals surface area contributed by atoms with Gasteiger partial charge in [0.2, 0.25) is 15.9 Å². The maximum atomic E-state index is 12.6. The fourth-order valence-electron chi connectivity index (χ4n) is 2.71. The van der Waals surface area contributed by atoms with Crippen molar-refractivity contribution in [1.29, 1.82) is 0 Å². The lowest BCUT2D eigenvalue weighted by molar-refractivity contribution is -0.122. The fraction of sp³-hybridized carbons (Fsp3) is 0.350. The highest BCUT2D eigenvalue weighted by molar-refractivity contribution is 7.92. The maximum Gasteiger partial charge on any atom is 0.243 e. The Kier molecular flexibility index (Phi) is 6.85. The molecule has 146 valence electrons. The van der Waals surface area contributed by atoms with Crippen LogP contribution in [0.5, 0.6) is 5.75 Å². The molecule has 2 aromatic rings. The lowest BCUT2D eigenvalue weighted by atomic mass is 10.2. The van der Waals surface area contributed by atoms with Crippen LogP contribution in [0.1, 0.15) is 25.0 Å². The Morgan fingerprint density at radius 1 is 1.11 bits per heavy atom. The third-order valence-corrected chi connectivity index (χ3v) is 5.32. The van der Waals surface area contributed by atoms with E-state index in [4.69, 9.17) is 4.74 Å². The molecule has 1 N–H and O–H groups in total. The van der Waals surface area contributed by atoms with Crippen LogP contribution in [0.25, 0.3) is 0 Å². The third-order valence-electron chi connectivity index (χ3n) is 4.08. The molecule has 1 atom stereocenters. The van der Waals surface area contributed by atoms with E-state index in [1.807, 2.05) is 50.2 Å². The summed E-state index contributed by atoms with van der Waals surface area (Å²) in [4.78, 5) is 12.6. The van der Waals surface area contributed by atoms with Gasteiger partial charge in [-0.3, -0.25) is 9.10 Å². The Labute approximate surface area is 161 Å². The predicted octanol–water partition coefficient (Wildman–Crippen LogP) is 2.86. The minimum Gasteiger partial charge on any atom is -0.494 e. The van der Waals surface area contributed by atoms with Crippen molar-refractivity contribution in [2.75, 3.05) is 17.2 Å². The molecule has 27 heavy (non-hydrogen) atoms. The van der Waals surface area contributed by atoms with Crippen LogP contribution >= 0.6 is 0 Å². The molecule has 0 radical (unpaired) electrons. The van der Waals surface area contributed by atoms with Crippen molar-refractivity contribution in [2.45, 2.75) is 33.4 Å². The standard InChI is InChI=1S/C20H26N2O4S/c1-5-26-19-12-8-17(9-13-19)14-21-20(23)16(3)22(27(4,24)25)18-10-6-15(2)7-11-18/h6-13,16H,5,14H2,1-4H3,(H,21,23)/t16-/m1/s1. The van der Waals surface area contributed by atoms with Gasteiger partial charge in [-0.25, -0.2) is 8.42 Å². The van der Waals surface area contributed by atoms with Crippen molar-refractivity contribution >= 4 is 21.6 Å². The van der Waals surface area contributed by atoms with Crippen LogP contribution in [-0.2, 0) is 21.4 Å². The van der Waals surface area contributed by atoms with Crippen molar-refractivity contribution in [3.05, 3.63) is 59.7 Å². The van der Waals surface area contributed by atoms with E-state index in [-0.39, 0.29) is 5.91 Å². The zero-order valence-corrected chi connectivity index (χ0v) is 16.9. The number of hydrogen-bond donors (Lipinski definition) is 1. The number of hydrogen-bond acceptors (Lipinski definition) is 4. The average Bonchev–Trinajstić information content (AvgIpc) is 2.61. The number of sulfonamides is 1. The van der Waals surface area contributed by atoms with Gasteiger partial charge in [0, 0.05) is 6.54 Å². The molecule has 0 bridgehead atoms. The van der Waals surface area contributed by atoms with Gasteiger partial charge in [0.25, 0.3) is 0 Å². The molecule has 1 amide bonds. The number of nitrogens with one attached hydrogen (secondary N) is 1. The van der Waals surface area contributed by atoms with Gasteiger partial charge in [0.05, 0.1) is 18.6 Å². The zero-order chi connectivity index (χ0) is 20.0. The molecule has 0 aliphatic heterocycles. The summed E-state index contributed by atoms with van der Waals surface area (Å²) in [6.07, 6.45) is 1.10. The number of carbonyl (C=O) groups is 1. The Bertz CT molecular complexity index is 862. The van der Waals surface area contributed by atoms with Crippen LogP contribution in [-0.4, -0.2) is 33.2 Å². The number of benzene rings is 2. The summed E-state index contributed by atoms with van der Waals surface area (Å²) in [5, 5.41) is 2.80. The van der Waals surface area contributed by atoms with E-state index >= 15 is 0 Å². The van der Waals surface area contributed by atoms with Crippen LogP contribution in [0, 0.1) is 6.92 Å². The van der Waals surface area contributed by atoms with Gasteiger partial charge in [0.15, 0.2) is 0 Å². The second kappa shape index (κ2) is 8.90. The van der Waals surface area contributed by atoms with E-state index < -0.39 is 16.1 Å². The lowest BCUT2D eigenvalue weighted by Crippen LogP contribution is -2.47. The quantitative estimate of drug-likeness (QED) is 0.752. The number of aryl methyl sites for hydroxylation is 1. The molecule has 0 aliphatic rings. The second-order valence-corrected chi connectivity index (χ2v) is 8.22. The Hall–Kier alpha value is -2.54. The molecule has 0 saturated heterocycles. The van der Waals surface area contributed by atoms with Crippen molar-refractivity contribution in [2.24, 2.45) is 0 Å². The van der Waals surface area contributed by atoms with E-state index in [1.54, 1.807) is 19.1 Å². The van der Waals surface area contributed by atoms with Gasteiger partial charge < -0.3 is 10.1 Å². The number of carbonyl (C=O) groups excluding carboxylic acids is 1. The van der Waals surface area contributed by atoms with E-state index in [1.165, 1.54) is 0 Å². The summed E-state index contributed by atoms with van der Waals surface area (Å²) in [5.41, 5.74) is 2.38. The van der Waals surface area contributed by atoms with Crippen molar-refractivity contribution in [3.8, 4) is 5.75 Å². The number of anilines is 1. The number of amides is 1. The van der Waals surface area contributed by atoms with E-state index in [2.05, 4.69) is 5.32 Å². The smallest absolute Gasteiger partial charge is 0.243 e. The number of ether oxygens (including phenoxy) is 1. The summed E-state index contributed by atoms with van der Waals surface area (Å²) in [7, 11) is -3.61. The fourth-order valence-corrected chi connectivity index (χ4v) is 3.88. The molecule has 2 rings (SSSR count). The Morgan fingerprint density at radius 2 is 1.70 bits per heavy atom. The molecular weight excluding hydrogens is 364 g/mol. The molecule has 0 aliphatic carbocycles. The molecule has 0 unspecified atom stereocenters.